The molecule has 0 spiro atoms. The molecule has 3 heterocycles. The molecule has 0 bridgehead atoms. The first-order valence-corrected chi connectivity index (χ1v) is 10.8. The molecule has 154 valence electrons. The number of benzene rings is 1. The number of likely N-dealkylation sites (tertiary alicyclic amines) is 1. The van der Waals surface area contributed by atoms with E-state index in [1.54, 1.807) is 11.4 Å². The molecule has 1 aromatic heterocycles. The van der Waals surface area contributed by atoms with Crippen molar-refractivity contribution in [3.63, 3.8) is 0 Å². The summed E-state index contributed by atoms with van der Waals surface area (Å²) in [6, 6.07) is 7.48. The molecule has 7 nitrogen and oxygen atoms in total. The van der Waals surface area contributed by atoms with Crippen molar-refractivity contribution in [2.75, 3.05) is 25.1 Å². The van der Waals surface area contributed by atoms with Crippen LogP contribution in [0, 0.1) is 0 Å². The molecule has 29 heavy (non-hydrogen) atoms. The molecule has 0 aliphatic carbocycles. The van der Waals surface area contributed by atoms with E-state index in [-0.39, 0.29) is 18.0 Å². The van der Waals surface area contributed by atoms with Crippen LogP contribution in [-0.2, 0) is 4.79 Å². The van der Waals surface area contributed by atoms with Crippen molar-refractivity contribution in [2.24, 2.45) is 5.73 Å². The summed E-state index contributed by atoms with van der Waals surface area (Å²) in [6.07, 6.45) is 2.86. The number of primary amides is 1. The zero-order valence-corrected chi connectivity index (χ0v) is 17.2. The fraction of sp³-hybridized carbons (Fsp3) is 0.429. The molecule has 0 radical (unpaired) electrons. The number of nitrogens with one attached hydrogen (secondary N) is 1. The smallest absolute Gasteiger partial charge is 0.251 e. The zero-order chi connectivity index (χ0) is 20.4. The number of carbonyl (C=O) groups is 2. The van der Waals surface area contributed by atoms with Gasteiger partial charge in [-0.05, 0) is 55.5 Å². The SMILES string of the molecule is C[C@@H](C(=O)Nc1sccc1C(N)=O)N1CCC[C@H]1c1ccc2c(c1)OCCCO2. The number of nitrogens with two attached hydrogens (primary N) is 1. The van der Waals surface area contributed by atoms with E-state index < -0.39 is 5.91 Å². The van der Waals surface area contributed by atoms with Gasteiger partial charge >= 0.3 is 0 Å². The number of hydrogen-bond acceptors (Lipinski definition) is 6. The lowest BCUT2D eigenvalue weighted by atomic mass is 10.0. The topological polar surface area (TPSA) is 93.9 Å². The highest BCUT2D eigenvalue weighted by atomic mass is 32.1. The first-order valence-electron chi connectivity index (χ1n) is 9.88. The van der Waals surface area contributed by atoms with Gasteiger partial charge in [-0.3, -0.25) is 14.5 Å². The number of fused-ring (bicyclic) bond motifs is 1. The summed E-state index contributed by atoms with van der Waals surface area (Å²) >= 11 is 1.30. The lowest BCUT2D eigenvalue weighted by Crippen LogP contribution is -2.41. The molecule has 0 unspecified atom stereocenters. The van der Waals surface area contributed by atoms with Crippen LogP contribution in [0.25, 0.3) is 0 Å². The maximum atomic E-state index is 12.9. The van der Waals surface area contributed by atoms with Crippen LogP contribution < -0.4 is 20.5 Å². The molecule has 2 amide bonds. The average Bonchev–Trinajstić information content (AvgIpc) is 3.32. The number of ether oxygens (including phenoxy) is 2. The molecular formula is C21H25N3O4S. The molecule has 1 aromatic carbocycles. The van der Waals surface area contributed by atoms with Gasteiger partial charge in [0.05, 0.1) is 24.8 Å². The second-order valence-corrected chi connectivity index (χ2v) is 8.26. The van der Waals surface area contributed by atoms with Crippen LogP contribution in [0.1, 0.15) is 48.1 Å². The van der Waals surface area contributed by atoms with Crippen LogP contribution in [0.15, 0.2) is 29.6 Å². The highest BCUT2D eigenvalue weighted by Crippen LogP contribution is 2.39. The van der Waals surface area contributed by atoms with Gasteiger partial charge in [0.2, 0.25) is 5.91 Å². The van der Waals surface area contributed by atoms with Gasteiger partial charge in [-0.2, -0.15) is 0 Å². The molecule has 1 saturated heterocycles. The lowest BCUT2D eigenvalue weighted by Gasteiger charge is -2.30. The van der Waals surface area contributed by atoms with Crippen LogP contribution in [0.4, 0.5) is 5.00 Å². The van der Waals surface area contributed by atoms with Crippen LogP contribution >= 0.6 is 11.3 Å². The van der Waals surface area contributed by atoms with Crippen LogP contribution in [0.5, 0.6) is 11.5 Å². The standard InChI is InChI=1S/C21H25N3O4S/c1-13(20(26)23-21-15(19(22)25)7-11-29-21)24-8-2-4-16(24)14-5-6-17-18(12-14)28-10-3-9-27-17/h5-7,11-13,16H,2-4,8-10H2,1H3,(H2,22,25)(H,23,26)/t13-,16-/m0/s1. The Hall–Kier alpha value is -2.58. The summed E-state index contributed by atoms with van der Waals surface area (Å²) in [5, 5.41) is 5.12. The monoisotopic (exact) mass is 415 g/mol. The van der Waals surface area contributed by atoms with E-state index in [1.807, 2.05) is 19.1 Å². The Kier molecular flexibility index (Phi) is 5.73. The number of carbonyl (C=O) groups excluding carboxylic acids is 2. The predicted octanol–water partition coefficient (Wildman–Crippen LogP) is 3.17. The Labute approximate surface area is 173 Å². The third-order valence-corrected chi connectivity index (χ3v) is 6.32. The van der Waals surface area contributed by atoms with Gasteiger partial charge in [0.25, 0.3) is 5.91 Å². The van der Waals surface area contributed by atoms with Crippen LogP contribution in [0.3, 0.4) is 0 Å². The van der Waals surface area contributed by atoms with Crippen LogP contribution in [-0.4, -0.2) is 42.5 Å². The largest absolute Gasteiger partial charge is 0.490 e. The molecule has 4 rings (SSSR count). The van der Waals surface area contributed by atoms with E-state index in [9.17, 15) is 9.59 Å². The fourth-order valence-electron chi connectivity index (χ4n) is 3.96. The van der Waals surface area contributed by atoms with Gasteiger partial charge in [0, 0.05) is 12.5 Å². The summed E-state index contributed by atoms with van der Waals surface area (Å²) in [5.74, 6) is 0.864. The number of thiophene rings is 1. The quantitative estimate of drug-likeness (QED) is 0.782. The van der Waals surface area contributed by atoms with E-state index >= 15 is 0 Å². The molecule has 2 atom stereocenters. The van der Waals surface area contributed by atoms with Crippen molar-refractivity contribution in [1.82, 2.24) is 4.90 Å². The predicted molar refractivity (Wildman–Crippen MR) is 112 cm³/mol. The maximum absolute atomic E-state index is 12.9. The minimum Gasteiger partial charge on any atom is -0.490 e. The summed E-state index contributed by atoms with van der Waals surface area (Å²) < 4.78 is 11.6. The van der Waals surface area contributed by atoms with Crippen molar-refractivity contribution in [2.45, 2.75) is 38.3 Å². The van der Waals surface area contributed by atoms with Crippen molar-refractivity contribution >= 4 is 28.2 Å². The van der Waals surface area contributed by atoms with Gasteiger partial charge in [-0.25, -0.2) is 0 Å². The van der Waals surface area contributed by atoms with Crippen molar-refractivity contribution in [1.29, 1.82) is 0 Å². The number of rotatable bonds is 5. The van der Waals surface area contributed by atoms with E-state index in [1.165, 1.54) is 11.3 Å². The summed E-state index contributed by atoms with van der Waals surface area (Å²) in [5.41, 5.74) is 6.85. The van der Waals surface area contributed by atoms with Gasteiger partial charge in [-0.15, -0.1) is 11.3 Å². The second kappa shape index (κ2) is 8.42. The van der Waals surface area contributed by atoms with E-state index in [2.05, 4.69) is 16.3 Å². The average molecular weight is 416 g/mol. The third kappa shape index (κ3) is 4.09. The Morgan fingerprint density at radius 2 is 2.00 bits per heavy atom. The zero-order valence-electron chi connectivity index (χ0n) is 16.3. The molecule has 3 N–H and O–H groups in total. The minimum atomic E-state index is -0.541. The van der Waals surface area contributed by atoms with Crippen LogP contribution in [0.2, 0.25) is 0 Å². The van der Waals surface area contributed by atoms with Gasteiger partial charge in [0.1, 0.15) is 5.00 Å². The number of nitrogens with zero attached hydrogens (tertiary/aromatic N) is 1. The number of anilines is 1. The second-order valence-electron chi connectivity index (χ2n) is 7.35. The van der Waals surface area contributed by atoms with Crippen molar-refractivity contribution in [3.8, 4) is 11.5 Å². The molecular weight excluding hydrogens is 390 g/mol. The van der Waals surface area contributed by atoms with Gasteiger partial charge < -0.3 is 20.5 Å². The van der Waals surface area contributed by atoms with Gasteiger partial charge in [-0.1, -0.05) is 6.07 Å². The Bertz CT molecular complexity index is 913. The Balaban J connectivity index is 1.50. The molecule has 8 heteroatoms. The third-order valence-electron chi connectivity index (χ3n) is 5.49. The summed E-state index contributed by atoms with van der Waals surface area (Å²) in [6.45, 7) is 4.04. The Morgan fingerprint density at radius 3 is 2.79 bits per heavy atom. The van der Waals surface area contributed by atoms with Gasteiger partial charge in [0.15, 0.2) is 11.5 Å². The molecule has 0 saturated carbocycles. The van der Waals surface area contributed by atoms with E-state index in [0.717, 1.165) is 42.9 Å². The molecule has 2 aliphatic rings. The first-order chi connectivity index (χ1) is 14.0. The molecule has 2 aliphatic heterocycles. The van der Waals surface area contributed by atoms with Crippen molar-refractivity contribution < 1.29 is 19.1 Å². The Morgan fingerprint density at radius 1 is 1.21 bits per heavy atom. The van der Waals surface area contributed by atoms with E-state index in [0.29, 0.717) is 23.8 Å². The molecule has 2 aromatic rings. The number of hydrogen-bond donors (Lipinski definition) is 2. The fourth-order valence-corrected chi connectivity index (χ4v) is 4.76. The van der Waals surface area contributed by atoms with Crippen molar-refractivity contribution in [3.05, 3.63) is 40.8 Å². The highest BCUT2D eigenvalue weighted by Gasteiger charge is 2.34. The lowest BCUT2D eigenvalue weighted by molar-refractivity contribution is -0.121. The minimum absolute atomic E-state index is 0.131. The normalized spacial score (nSPS) is 20.1. The van der Waals surface area contributed by atoms with E-state index in [4.69, 9.17) is 15.2 Å². The maximum Gasteiger partial charge on any atom is 0.251 e. The summed E-state index contributed by atoms with van der Waals surface area (Å²) in [4.78, 5) is 26.6. The summed E-state index contributed by atoms with van der Waals surface area (Å²) in [7, 11) is 0. The highest BCUT2D eigenvalue weighted by molar-refractivity contribution is 7.14. The first kappa shape index (κ1) is 19.7. The number of amides is 2. The molecule has 1 fully saturated rings.